The van der Waals surface area contributed by atoms with Crippen LogP contribution in [0.15, 0.2) is 23.4 Å². The summed E-state index contributed by atoms with van der Waals surface area (Å²) in [5.74, 6) is 1.29. The number of carbonyl (C=O) groups is 1. The van der Waals surface area contributed by atoms with Crippen LogP contribution in [0.4, 0.5) is 4.79 Å². The Morgan fingerprint density at radius 3 is 2.60 bits per heavy atom. The molecule has 30 heavy (non-hydrogen) atoms. The number of oxime groups is 1. The van der Waals surface area contributed by atoms with Gasteiger partial charge in [0.1, 0.15) is 5.60 Å². The second-order valence-corrected chi connectivity index (χ2v) is 9.22. The zero-order chi connectivity index (χ0) is 21.8. The fraction of sp³-hybridized carbons (Fsp3) is 0.652. The highest BCUT2D eigenvalue weighted by molar-refractivity contribution is 6.02. The van der Waals surface area contributed by atoms with Gasteiger partial charge in [0.2, 0.25) is 0 Å². The summed E-state index contributed by atoms with van der Waals surface area (Å²) >= 11 is 0. The van der Waals surface area contributed by atoms with Gasteiger partial charge in [-0.3, -0.25) is 0 Å². The summed E-state index contributed by atoms with van der Waals surface area (Å²) in [4.78, 5) is 18.8. The quantitative estimate of drug-likeness (QED) is 0.625. The molecular weight excluding hydrogens is 384 g/mol. The molecule has 1 aliphatic carbocycles. The highest BCUT2D eigenvalue weighted by atomic mass is 16.7. The van der Waals surface area contributed by atoms with Crippen molar-refractivity contribution in [3.8, 4) is 11.5 Å². The van der Waals surface area contributed by atoms with Crippen LogP contribution in [-0.2, 0) is 4.84 Å². The average molecular weight is 419 g/mol. The van der Waals surface area contributed by atoms with Crippen molar-refractivity contribution in [2.45, 2.75) is 76.9 Å². The number of benzene rings is 1. The van der Waals surface area contributed by atoms with Gasteiger partial charge < -0.3 is 24.3 Å². The van der Waals surface area contributed by atoms with E-state index in [0.717, 1.165) is 30.5 Å². The molecule has 1 aliphatic heterocycles. The molecule has 0 unspecified atom stereocenters. The fourth-order valence-electron chi connectivity index (χ4n) is 4.23. The summed E-state index contributed by atoms with van der Waals surface area (Å²) in [6.07, 6.45) is 6.29. The van der Waals surface area contributed by atoms with Gasteiger partial charge in [0.25, 0.3) is 0 Å². The van der Waals surface area contributed by atoms with Gasteiger partial charge in [-0.2, -0.15) is 0 Å². The van der Waals surface area contributed by atoms with Crippen LogP contribution < -0.4 is 9.47 Å². The van der Waals surface area contributed by atoms with Crippen LogP contribution in [0.2, 0.25) is 0 Å². The van der Waals surface area contributed by atoms with Crippen LogP contribution in [0.5, 0.6) is 11.5 Å². The maximum atomic E-state index is 11.5. The summed E-state index contributed by atoms with van der Waals surface area (Å²) in [6, 6.07) is 5.82. The van der Waals surface area contributed by atoms with E-state index in [0.29, 0.717) is 31.1 Å². The minimum absolute atomic E-state index is 0.123. The smallest absolute Gasteiger partial charge is 0.407 e. The molecule has 1 spiro atoms. The minimum atomic E-state index is -0.919. The largest absolute Gasteiger partial charge is 0.493 e. The Morgan fingerprint density at radius 1 is 1.23 bits per heavy atom. The first-order chi connectivity index (χ1) is 14.2. The first kappa shape index (κ1) is 22.2. The lowest BCUT2D eigenvalue weighted by atomic mass is 9.81. The van der Waals surface area contributed by atoms with Gasteiger partial charge in [-0.15, -0.1) is 0 Å². The maximum Gasteiger partial charge on any atom is 0.407 e. The number of nitrogens with zero attached hydrogens (tertiary/aromatic N) is 2. The number of hydrogen-bond donors (Lipinski definition) is 1. The number of methoxy groups -OCH3 is 1. The van der Waals surface area contributed by atoms with E-state index in [4.69, 9.17) is 14.3 Å². The van der Waals surface area contributed by atoms with Crippen LogP contribution in [0.1, 0.15) is 71.3 Å². The zero-order valence-electron chi connectivity index (χ0n) is 18.6. The number of carboxylic acid groups (broad SMARTS) is 1. The highest BCUT2D eigenvalue weighted by Gasteiger charge is 2.40. The molecule has 1 heterocycles. The van der Waals surface area contributed by atoms with E-state index in [2.05, 4.69) is 5.16 Å². The molecular formula is C23H34N2O5. The van der Waals surface area contributed by atoms with E-state index >= 15 is 0 Å². The lowest BCUT2D eigenvalue weighted by Crippen LogP contribution is -2.45. The van der Waals surface area contributed by atoms with Crippen LogP contribution in [0.3, 0.4) is 0 Å². The van der Waals surface area contributed by atoms with E-state index in [9.17, 15) is 9.90 Å². The molecule has 1 amide bonds. The van der Waals surface area contributed by atoms with Crippen molar-refractivity contribution in [1.29, 1.82) is 0 Å². The monoisotopic (exact) mass is 418 g/mol. The Balaban J connectivity index is 1.62. The van der Waals surface area contributed by atoms with E-state index < -0.39 is 11.6 Å². The second-order valence-electron chi connectivity index (χ2n) is 9.22. The van der Waals surface area contributed by atoms with E-state index in [1.165, 1.54) is 24.2 Å². The predicted molar refractivity (Wildman–Crippen MR) is 116 cm³/mol. The van der Waals surface area contributed by atoms with E-state index in [1.54, 1.807) is 7.11 Å². The third-order valence-electron chi connectivity index (χ3n) is 5.93. The van der Waals surface area contributed by atoms with Crippen molar-refractivity contribution in [1.82, 2.24) is 4.90 Å². The molecule has 1 saturated carbocycles. The number of ether oxygens (including phenoxy) is 2. The Bertz CT molecular complexity index is 778. The molecule has 1 aromatic carbocycles. The number of hydrogen-bond acceptors (Lipinski definition) is 5. The van der Waals surface area contributed by atoms with Gasteiger partial charge in [-0.25, -0.2) is 4.79 Å². The van der Waals surface area contributed by atoms with Gasteiger partial charge in [0.05, 0.1) is 19.4 Å². The van der Waals surface area contributed by atoms with Crippen LogP contribution in [0, 0.1) is 0 Å². The Morgan fingerprint density at radius 2 is 1.97 bits per heavy atom. The fourth-order valence-corrected chi connectivity index (χ4v) is 4.23. The van der Waals surface area contributed by atoms with Gasteiger partial charge in [-0.05, 0) is 71.1 Å². The summed E-state index contributed by atoms with van der Waals surface area (Å²) in [6.45, 7) is 6.46. The highest BCUT2D eigenvalue weighted by Crippen LogP contribution is 2.40. The van der Waals surface area contributed by atoms with Crippen molar-refractivity contribution in [2.24, 2.45) is 5.16 Å². The first-order valence-electron chi connectivity index (χ1n) is 10.8. The topological polar surface area (TPSA) is 80.6 Å². The average Bonchev–Trinajstić information content (AvgIpc) is 3.10. The third kappa shape index (κ3) is 5.18. The summed E-state index contributed by atoms with van der Waals surface area (Å²) in [7, 11) is 1.61. The van der Waals surface area contributed by atoms with E-state index in [-0.39, 0.29) is 5.60 Å². The summed E-state index contributed by atoms with van der Waals surface area (Å²) < 4.78 is 11.4. The molecule has 0 radical (unpaired) electrons. The van der Waals surface area contributed by atoms with Crippen LogP contribution >= 0.6 is 0 Å². The van der Waals surface area contributed by atoms with Crippen LogP contribution in [-0.4, -0.2) is 53.2 Å². The van der Waals surface area contributed by atoms with Gasteiger partial charge in [0, 0.05) is 24.1 Å². The van der Waals surface area contributed by atoms with Gasteiger partial charge in [0.15, 0.2) is 11.5 Å². The summed E-state index contributed by atoms with van der Waals surface area (Å²) in [5, 5.41) is 13.8. The van der Waals surface area contributed by atoms with Crippen molar-refractivity contribution in [3.63, 3.8) is 0 Å². The third-order valence-corrected chi connectivity index (χ3v) is 5.93. The first-order valence-corrected chi connectivity index (χ1v) is 10.8. The molecule has 3 rings (SSSR count). The van der Waals surface area contributed by atoms with Crippen molar-refractivity contribution in [3.05, 3.63) is 23.8 Å². The normalized spacial score (nSPS) is 17.9. The molecule has 1 aromatic rings. The molecule has 166 valence electrons. The lowest BCUT2D eigenvalue weighted by molar-refractivity contribution is -0.0449. The Kier molecular flexibility index (Phi) is 6.78. The van der Waals surface area contributed by atoms with Crippen molar-refractivity contribution < 1.29 is 24.2 Å². The molecule has 1 fully saturated rings. The minimum Gasteiger partial charge on any atom is -0.493 e. The van der Waals surface area contributed by atoms with Crippen molar-refractivity contribution >= 4 is 11.8 Å². The van der Waals surface area contributed by atoms with Gasteiger partial charge >= 0.3 is 6.09 Å². The summed E-state index contributed by atoms with van der Waals surface area (Å²) in [5.41, 5.74) is 1.37. The molecule has 0 aromatic heterocycles. The second kappa shape index (κ2) is 9.14. The standard InChI is InChI=1S/C23H34N2O5/c1-22(2,3)25(21(26)27)13-8-14-29-20-15-17(9-10-19(20)28-4)18-16-23(30-24-18)11-6-5-7-12-23/h9-10,15H,5-8,11-14,16H2,1-4H3,(H,26,27). The SMILES string of the molecule is COc1ccc(C2=NOC3(CCCCC3)C2)cc1OCCCN(C(=O)O)C(C)(C)C. The molecule has 0 atom stereocenters. The molecule has 1 N–H and O–H groups in total. The maximum absolute atomic E-state index is 11.5. The van der Waals surface area contributed by atoms with Crippen molar-refractivity contribution in [2.75, 3.05) is 20.3 Å². The van der Waals surface area contributed by atoms with E-state index in [1.807, 2.05) is 39.0 Å². The molecule has 2 aliphatic rings. The lowest BCUT2D eigenvalue weighted by Gasteiger charge is -2.33. The molecule has 7 nitrogen and oxygen atoms in total. The number of amides is 1. The van der Waals surface area contributed by atoms with Gasteiger partial charge in [-0.1, -0.05) is 11.6 Å². The zero-order valence-corrected chi connectivity index (χ0v) is 18.6. The number of rotatable bonds is 7. The molecule has 0 saturated heterocycles. The molecule has 0 bridgehead atoms. The predicted octanol–water partition coefficient (Wildman–Crippen LogP) is 5.07. The van der Waals surface area contributed by atoms with Crippen LogP contribution in [0.25, 0.3) is 0 Å². The molecule has 7 heteroatoms. The Labute approximate surface area is 179 Å². The Hall–Kier alpha value is -2.44.